The fourth-order valence-corrected chi connectivity index (χ4v) is 3.64. The van der Waals surface area contributed by atoms with Crippen LogP contribution in [0.3, 0.4) is 0 Å². The average Bonchev–Trinajstić information content (AvgIpc) is 3.08. The van der Waals surface area contributed by atoms with E-state index in [0.29, 0.717) is 36.5 Å². The van der Waals surface area contributed by atoms with Crippen molar-refractivity contribution in [1.82, 2.24) is 4.90 Å². The Kier molecular flexibility index (Phi) is 6.97. The maximum Gasteiger partial charge on any atom is 0.375 e. The van der Waals surface area contributed by atoms with E-state index in [1.807, 2.05) is 6.92 Å². The van der Waals surface area contributed by atoms with Crippen molar-refractivity contribution in [3.05, 3.63) is 29.5 Å². The average molecular weight is 417 g/mol. The third-order valence-corrected chi connectivity index (χ3v) is 5.11. The molecule has 1 aliphatic rings. The molecular weight excluding hydrogens is 390 g/mol. The number of ether oxygens (including phenoxy) is 3. The summed E-state index contributed by atoms with van der Waals surface area (Å²) in [5.74, 6) is -0.838. The Morgan fingerprint density at radius 2 is 1.93 bits per heavy atom. The molecule has 1 aliphatic heterocycles. The Morgan fingerprint density at radius 1 is 1.13 bits per heavy atom. The molecule has 1 fully saturated rings. The highest BCUT2D eigenvalue weighted by Gasteiger charge is 2.33. The van der Waals surface area contributed by atoms with Gasteiger partial charge in [0, 0.05) is 17.5 Å². The van der Waals surface area contributed by atoms with Gasteiger partial charge >= 0.3 is 11.9 Å². The van der Waals surface area contributed by atoms with Gasteiger partial charge in [0.05, 0.1) is 13.2 Å². The molecule has 8 nitrogen and oxygen atoms in total. The van der Waals surface area contributed by atoms with Gasteiger partial charge in [0.2, 0.25) is 5.76 Å². The lowest BCUT2D eigenvalue weighted by atomic mass is 10.0. The van der Waals surface area contributed by atoms with Crippen molar-refractivity contribution in [2.45, 2.75) is 46.1 Å². The number of amides is 1. The second kappa shape index (κ2) is 9.65. The monoisotopic (exact) mass is 417 g/mol. The molecule has 0 N–H and O–H groups in total. The zero-order chi connectivity index (χ0) is 21.7. The number of furan rings is 1. The standard InChI is InChI=1S/C22H27NO7/c1-4-27-15-9-10-18-16(12-15)14(3)20(30-18)22(26)29-13-19(24)23-11-7-6-8-17(23)21(25)28-5-2/h9-10,12,17H,4-8,11,13H2,1-3H3/t17-/m0/s1. The minimum Gasteiger partial charge on any atom is -0.494 e. The summed E-state index contributed by atoms with van der Waals surface area (Å²) >= 11 is 0. The number of hydrogen-bond acceptors (Lipinski definition) is 7. The van der Waals surface area contributed by atoms with Crippen LogP contribution in [0, 0.1) is 6.92 Å². The highest BCUT2D eigenvalue weighted by molar-refractivity contribution is 5.97. The summed E-state index contributed by atoms with van der Waals surface area (Å²) in [6.45, 7) is 6.12. The molecule has 0 radical (unpaired) electrons. The van der Waals surface area contributed by atoms with Crippen molar-refractivity contribution in [2.75, 3.05) is 26.4 Å². The number of aryl methyl sites for hydroxylation is 1. The van der Waals surface area contributed by atoms with E-state index in [2.05, 4.69) is 0 Å². The number of rotatable bonds is 7. The molecule has 8 heteroatoms. The zero-order valence-electron chi connectivity index (χ0n) is 17.6. The van der Waals surface area contributed by atoms with E-state index in [-0.39, 0.29) is 12.4 Å². The van der Waals surface area contributed by atoms with Gasteiger partial charge in [-0.2, -0.15) is 0 Å². The van der Waals surface area contributed by atoms with Gasteiger partial charge in [0.15, 0.2) is 6.61 Å². The summed E-state index contributed by atoms with van der Waals surface area (Å²) in [4.78, 5) is 38.7. The van der Waals surface area contributed by atoms with Crippen LogP contribution in [0.4, 0.5) is 0 Å². The molecule has 0 aliphatic carbocycles. The quantitative estimate of drug-likeness (QED) is 0.638. The first kappa shape index (κ1) is 21.7. The van der Waals surface area contributed by atoms with Crippen molar-refractivity contribution in [3.63, 3.8) is 0 Å². The number of hydrogen-bond donors (Lipinski definition) is 0. The Balaban J connectivity index is 1.68. The minimum absolute atomic E-state index is 0.0482. The van der Waals surface area contributed by atoms with Gasteiger partial charge in [0.1, 0.15) is 17.4 Å². The number of esters is 2. The predicted molar refractivity (Wildman–Crippen MR) is 108 cm³/mol. The first-order chi connectivity index (χ1) is 14.5. The van der Waals surface area contributed by atoms with Crippen molar-refractivity contribution in [3.8, 4) is 5.75 Å². The Labute approximate surface area is 175 Å². The first-order valence-corrected chi connectivity index (χ1v) is 10.2. The molecule has 3 rings (SSSR count). The summed E-state index contributed by atoms with van der Waals surface area (Å²) in [5, 5.41) is 0.748. The van der Waals surface area contributed by atoms with Crippen molar-refractivity contribution in [1.29, 1.82) is 0 Å². The minimum atomic E-state index is -0.722. The molecule has 0 bridgehead atoms. The summed E-state index contributed by atoms with van der Waals surface area (Å²) in [6.07, 6.45) is 2.18. The number of fused-ring (bicyclic) bond motifs is 1. The van der Waals surface area contributed by atoms with E-state index in [4.69, 9.17) is 18.6 Å². The van der Waals surface area contributed by atoms with E-state index in [9.17, 15) is 14.4 Å². The molecule has 1 atom stereocenters. The van der Waals surface area contributed by atoms with Gasteiger partial charge in [-0.1, -0.05) is 0 Å². The molecule has 1 aromatic carbocycles. The fourth-order valence-electron chi connectivity index (χ4n) is 3.64. The molecular formula is C22H27NO7. The van der Waals surface area contributed by atoms with Crippen LogP contribution in [0.2, 0.25) is 0 Å². The summed E-state index contributed by atoms with van der Waals surface area (Å²) in [6, 6.07) is 4.67. The topological polar surface area (TPSA) is 95.3 Å². The molecule has 0 saturated carbocycles. The SMILES string of the molecule is CCOC(=O)[C@@H]1CCCCN1C(=O)COC(=O)c1oc2ccc(OCC)cc2c1C. The van der Waals surface area contributed by atoms with Gasteiger partial charge in [0.25, 0.3) is 5.91 Å². The van der Waals surface area contributed by atoms with Gasteiger partial charge in [-0.25, -0.2) is 9.59 Å². The lowest BCUT2D eigenvalue weighted by Gasteiger charge is -2.33. The van der Waals surface area contributed by atoms with E-state index in [0.717, 1.165) is 18.2 Å². The van der Waals surface area contributed by atoms with E-state index in [1.165, 1.54) is 4.90 Å². The Hall–Kier alpha value is -3.03. The Bertz CT molecular complexity index is 933. The van der Waals surface area contributed by atoms with Crippen LogP contribution in [0.1, 0.15) is 49.2 Å². The van der Waals surface area contributed by atoms with Crippen LogP contribution in [0.5, 0.6) is 5.75 Å². The van der Waals surface area contributed by atoms with Gasteiger partial charge in [-0.05, 0) is 58.2 Å². The van der Waals surface area contributed by atoms with Crippen LogP contribution in [0.25, 0.3) is 11.0 Å². The van der Waals surface area contributed by atoms with Crippen LogP contribution in [0.15, 0.2) is 22.6 Å². The number of carbonyl (C=O) groups excluding carboxylic acids is 3. The fraction of sp³-hybridized carbons (Fsp3) is 0.500. The molecule has 0 unspecified atom stereocenters. The lowest BCUT2D eigenvalue weighted by Crippen LogP contribution is -2.50. The van der Waals surface area contributed by atoms with Gasteiger partial charge < -0.3 is 23.5 Å². The lowest BCUT2D eigenvalue weighted by molar-refractivity contribution is -0.157. The van der Waals surface area contributed by atoms with Crippen molar-refractivity contribution < 1.29 is 33.0 Å². The summed E-state index contributed by atoms with van der Waals surface area (Å²) < 4.78 is 21.4. The number of nitrogens with zero attached hydrogens (tertiary/aromatic N) is 1. The largest absolute Gasteiger partial charge is 0.494 e. The molecule has 0 spiro atoms. The molecule has 1 amide bonds. The van der Waals surface area contributed by atoms with E-state index >= 15 is 0 Å². The van der Waals surface area contributed by atoms with Crippen LogP contribution in [-0.4, -0.2) is 55.2 Å². The third kappa shape index (κ3) is 4.58. The van der Waals surface area contributed by atoms with E-state index in [1.54, 1.807) is 32.0 Å². The van der Waals surface area contributed by atoms with Crippen molar-refractivity contribution in [2.24, 2.45) is 0 Å². The van der Waals surface area contributed by atoms with Crippen LogP contribution >= 0.6 is 0 Å². The first-order valence-electron chi connectivity index (χ1n) is 10.2. The van der Waals surface area contributed by atoms with Crippen LogP contribution in [-0.2, 0) is 19.1 Å². The maximum atomic E-state index is 12.6. The van der Waals surface area contributed by atoms with Crippen molar-refractivity contribution >= 4 is 28.8 Å². The number of likely N-dealkylation sites (tertiary alicyclic amines) is 1. The molecule has 1 saturated heterocycles. The van der Waals surface area contributed by atoms with Crippen LogP contribution < -0.4 is 4.74 Å². The molecule has 2 heterocycles. The zero-order valence-corrected chi connectivity index (χ0v) is 17.6. The summed E-state index contributed by atoms with van der Waals surface area (Å²) in [5.41, 5.74) is 1.15. The second-order valence-electron chi connectivity index (χ2n) is 7.07. The third-order valence-electron chi connectivity index (χ3n) is 5.11. The summed E-state index contributed by atoms with van der Waals surface area (Å²) in [7, 11) is 0. The molecule has 1 aromatic heterocycles. The predicted octanol–water partition coefficient (Wildman–Crippen LogP) is 3.24. The smallest absolute Gasteiger partial charge is 0.375 e. The van der Waals surface area contributed by atoms with E-state index < -0.39 is 30.5 Å². The highest BCUT2D eigenvalue weighted by Crippen LogP contribution is 2.29. The maximum absolute atomic E-state index is 12.6. The van der Waals surface area contributed by atoms with Gasteiger partial charge in [-0.15, -0.1) is 0 Å². The number of benzene rings is 1. The number of carbonyl (C=O) groups is 3. The normalized spacial score (nSPS) is 16.4. The van der Waals surface area contributed by atoms with Gasteiger partial charge in [-0.3, -0.25) is 4.79 Å². The second-order valence-corrected chi connectivity index (χ2v) is 7.07. The highest BCUT2D eigenvalue weighted by atomic mass is 16.6. The molecule has 162 valence electrons. The Morgan fingerprint density at radius 3 is 2.67 bits per heavy atom. The molecule has 30 heavy (non-hydrogen) atoms. The number of piperidine rings is 1. The molecule has 2 aromatic rings.